The number of nitrogens with zero attached hydrogens (tertiary/aromatic N) is 2. The SMILES string of the molecule is CCCCCC(NC(C)=O)(C(=O)N(C)CCCC)c1c(C)n(C(=O)c2ccccc2)c2ccc(OC(C)=O)cc12. The van der Waals surface area contributed by atoms with Crippen molar-refractivity contribution in [3.05, 3.63) is 65.4 Å². The van der Waals surface area contributed by atoms with Crippen molar-refractivity contribution in [1.82, 2.24) is 14.8 Å². The highest BCUT2D eigenvalue weighted by molar-refractivity contribution is 6.07. The van der Waals surface area contributed by atoms with Crippen LogP contribution < -0.4 is 10.1 Å². The van der Waals surface area contributed by atoms with Crippen LogP contribution in [0.25, 0.3) is 10.9 Å². The molecule has 0 radical (unpaired) electrons. The summed E-state index contributed by atoms with van der Waals surface area (Å²) in [6.45, 7) is 9.20. The lowest BCUT2D eigenvalue weighted by Gasteiger charge is -2.37. The number of rotatable bonds is 12. The van der Waals surface area contributed by atoms with Gasteiger partial charge in [0.25, 0.3) is 11.8 Å². The molecule has 8 nitrogen and oxygen atoms in total. The molecular weight excluding hydrogens is 506 g/mol. The van der Waals surface area contributed by atoms with Crippen LogP contribution in [0.1, 0.15) is 87.8 Å². The Balaban J connectivity index is 2.41. The average molecular weight is 548 g/mol. The van der Waals surface area contributed by atoms with Crippen molar-refractivity contribution in [3.8, 4) is 5.75 Å². The maximum atomic E-state index is 14.4. The number of likely N-dealkylation sites (N-methyl/N-ethyl adjacent to an activating group) is 1. The van der Waals surface area contributed by atoms with Gasteiger partial charge in [-0.05, 0) is 50.1 Å². The number of aromatic nitrogens is 1. The summed E-state index contributed by atoms with van der Waals surface area (Å²) in [6, 6.07) is 14.0. The minimum absolute atomic E-state index is 0.237. The summed E-state index contributed by atoms with van der Waals surface area (Å²) in [6.07, 6.45) is 4.57. The fraction of sp³-hybridized carbons (Fsp3) is 0.438. The molecule has 0 saturated heterocycles. The molecular formula is C32H41N3O5. The molecule has 1 N–H and O–H groups in total. The van der Waals surface area contributed by atoms with E-state index < -0.39 is 11.5 Å². The first kappa shape index (κ1) is 30.6. The zero-order valence-corrected chi connectivity index (χ0v) is 24.5. The third-order valence-corrected chi connectivity index (χ3v) is 7.19. The quantitative estimate of drug-likeness (QED) is 0.177. The van der Waals surface area contributed by atoms with Gasteiger partial charge in [0.1, 0.15) is 11.3 Å². The lowest BCUT2D eigenvalue weighted by Crippen LogP contribution is -2.56. The normalized spacial score (nSPS) is 12.6. The van der Waals surface area contributed by atoms with Gasteiger partial charge in [0.15, 0.2) is 0 Å². The van der Waals surface area contributed by atoms with Crippen molar-refractivity contribution in [2.75, 3.05) is 13.6 Å². The van der Waals surface area contributed by atoms with Crippen LogP contribution in [-0.4, -0.2) is 46.8 Å². The van der Waals surface area contributed by atoms with Crippen molar-refractivity contribution in [2.24, 2.45) is 0 Å². The number of fused-ring (bicyclic) bond motifs is 1. The van der Waals surface area contributed by atoms with Crippen molar-refractivity contribution in [1.29, 1.82) is 0 Å². The number of carbonyl (C=O) groups excluding carboxylic acids is 4. The Morgan fingerprint density at radius 2 is 1.62 bits per heavy atom. The summed E-state index contributed by atoms with van der Waals surface area (Å²) in [5.41, 5.74) is 0.710. The number of carbonyl (C=O) groups is 4. The minimum atomic E-state index is -1.43. The number of hydrogen-bond acceptors (Lipinski definition) is 5. The lowest BCUT2D eigenvalue weighted by molar-refractivity contribution is -0.141. The molecule has 1 aromatic heterocycles. The maximum absolute atomic E-state index is 14.4. The molecule has 2 aromatic carbocycles. The van der Waals surface area contributed by atoms with E-state index in [1.54, 1.807) is 65.9 Å². The Morgan fingerprint density at radius 1 is 0.950 bits per heavy atom. The first-order valence-electron chi connectivity index (χ1n) is 14.0. The molecule has 8 heteroatoms. The summed E-state index contributed by atoms with van der Waals surface area (Å²) in [4.78, 5) is 54.6. The molecule has 1 unspecified atom stereocenters. The molecule has 3 rings (SSSR count). The van der Waals surface area contributed by atoms with E-state index in [4.69, 9.17) is 4.74 Å². The van der Waals surface area contributed by atoms with Crippen LogP contribution in [0.4, 0.5) is 0 Å². The van der Waals surface area contributed by atoms with Gasteiger partial charge in [0.05, 0.1) is 5.52 Å². The predicted molar refractivity (Wildman–Crippen MR) is 156 cm³/mol. The molecule has 0 spiro atoms. The second-order valence-corrected chi connectivity index (χ2v) is 10.4. The smallest absolute Gasteiger partial charge is 0.308 e. The maximum Gasteiger partial charge on any atom is 0.308 e. The molecule has 0 aliphatic rings. The van der Waals surface area contributed by atoms with E-state index in [-0.39, 0.29) is 17.7 Å². The number of hydrogen-bond donors (Lipinski definition) is 1. The Morgan fingerprint density at radius 3 is 2.23 bits per heavy atom. The van der Waals surface area contributed by atoms with Crippen molar-refractivity contribution < 1.29 is 23.9 Å². The van der Waals surface area contributed by atoms with Crippen molar-refractivity contribution >= 4 is 34.6 Å². The molecule has 0 saturated carbocycles. The Kier molecular flexibility index (Phi) is 10.3. The highest BCUT2D eigenvalue weighted by Crippen LogP contribution is 2.41. The average Bonchev–Trinajstić information content (AvgIpc) is 3.21. The van der Waals surface area contributed by atoms with E-state index >= 15 is 0 Å². The topological polar surface area (TPSA) is 97.7 Å². The predicted octanol–water partition coefficient (Wildman–Crippen LogP) is 5.73. The van der Waals surface area contributed by atoms with Gasteiger partial charge in [-0.1, -0.05) is 57.7 Å². The summed E-state index contributed by atoms with van der Waals surface area (Å²) in [5, 5.41) is 3.62. The number of nitrogens with one attached hydrogen (secondary N) is 1. The van der Waals surface area contributed by atoms with Gasteiger partial charge in [-0.3, -0.25) is 23.7 Å². The standard InChI is InChI=1S/C32H41N3O5/c1-7-9-14-19-32(33-23(4)36,31(39)34(6)20-10-8-2)29-22(3)35(30(38)25-15-12-11-13-16-25)28-18-17-26(21-27(28)29)40-24(5)37/h11-13,15-18,21H,7-10,14,19-20H2,1-6H3,(H,33,36). The number of esters is 1. The molecule has 1 heterocycles. The van der Waals surface area contributed by atoms with Gasteiger partial charge < -0.3 is 15.0 Å². The number of ether oxygens (including phenoxy) is 1. The molecule has 214 valence electrons. The summed E-state index contributed by atoms with van der Waals surface area (Å²) < 4.78 is 7.00. The molecule has 40 heavy (non-hydrogen) atoms. The van der Waals surface area contributed by atoms with Gasteiger partial charge in [-0.15, -0.1) is 0 Å². The first-order valence-corrected chi connectivity index (χ1v) is 14.0. The molecule has 2 amide bonds. The van der Waals surface area contributed by atoms with Gasteiger partial charge in [-0.2, -0.15) is 0 Å². The molecule has 0 bridgehead atoms. The zero-order chi connectivity index (χ0) is 29.4. The van der Waals surface area contributed by atoms with Gasteiger partial charge >= 0.3 is 5.97 Å². The molecule has 3 aromatic rings. The second kappa shape index (κ2) is 13.4. The van der Waals surface area contributed by atoms with Crippen molar-refractivity contribution in [2.45, 2.75) is 78.7 Å². The molecule has 0 aliphatic heterocycles. The van der Waals surface area contributed by atoms with Crippen LogP contribution in [0.3, 0.4) is 0 Å². The van der Waals surface area contributed by atoms with Crippen LogP contribution in [0.5, 0.6) is 5.75 Å². The van der Waals surface area contributed by atoms with E-state index in [9.17, 15) is 19.2 Å². The number of benzene rings is 2. The fourth-order valence-corrected chi connectivity index (χ4v) is 5.42. The van der Waals surface area contributed by atoms with E-state index in [2.05, 4.69) is 19.2 Å². The molecule has 1 atom stereocenters. The third kappa shape index (κ3) is 6.43. The highest BCUT2D eigenvalue weighted by atomic mass is 16.5. The van der Waals surface area contributed by atoms with Gasteiger partial charge in [0.2, 0.25) is 5.91 Å². The van der Waals surface area contributed by atoms with E-state index in [1.165, 1.54) is 13.8 Å². The lowest BCUT2D eigenvalue weighted by atomic mass is 9.81. The molecule has 0 fully saturated rings. The van der Waals surface area contributed by atoms with Crippen molar-refractivity contribution in [3.63, 3.8) is 0 Å². The van der Waals surface area contributed by atoms with Gasteiger partial charge in [-0.25, -0.2) is 0 Å². The molecule has 0 aliphatic carbocycles. The van der Waals surface area contributed by atoms with E-state index in [0.29, 0.717) is 52.9 Å². The van der Waals surface area contributed by atoms with Crippen LogP contribution in [0.2, 0.25) is 0 Å². The summed E-state index contributed by atoms with van der Waals surface area (Å²) in [5.74, 6) is -1.03. The summed E-state index contributed by atoms with van der Waals surface area (Å²) in [7, 11) is 1.75. The first-order chi connectivity index (χ1) is 19.1. The highest BCUT2D eigenvalue weighted by Gasteiger charge is 2.46. The van der Waals surface area contributed by atoms with Crippen LogP contribution in [-0.2, 0) is 19.9 Å². The summed E-state index contributed by atoms with van der Waals surface area (Å²) >= 11 is 0. The largest absolute Gasteiger partial charge is 0.427 e. The van der Waals surface area contributed by atoms with Crippen LogP contribution >= 0.6 is 0 Å². The fourth-order valence-electron chi connectivity index (χ4n) is 5.42. The second-order valence-electron chi connectivity index (χ2n) is 10.4. The third-order valence-electron chi connectivity index (χ3n) is 7.19. The Bertz CT molecular complexity index is 1380. The Labute approximate surface area is 236 Å². The van der Waals surface area contributed by atoms with Gasteiger partial charge in [0, 0.05) is 49.6 Å². The van der Waals surface area contributed by atoms with E-state index in [1.807, 2.05) is 6.07 Å². The van der Waals surface area contributed by atoms with E-state index in [0.717, 1.165) is 25.7 Å². The number of amides is 2. The number of unbranched alkanes of at least 4 members (excludes halogenated alkanes) is 3. The monoisotopic (exact) mass is 547 g/mol. The Hall–Kier alpha value is -3.94. The zero-order valence-electron chi connectivity index (χ0n) is 24.5. The minimum Gasteiger partial charge on any atom is -0.427 e. The van der Waals surface area contributed by atoms with Crippen LogP contribution in [0.15, 0.2) is 48.5 Å². The van der Waals surface area contributed by atoms with Crippen LogP contribution in [0, 0.1) is 6.92 Å².